The molecule has 2 amide bonds. The van der Waals surface area contributed by atoms with Gasteiger partial charge in [-0.15, -0.1) is 12.4 Å². The molecule has 0 radical (unpaired) electrons. The molecule has 1 fully saturated rings. The lowest BCUT2D eigenvalue weighted by Gasteiger charge is -2.32. The van der Waals surface area contributed by atoms with E-state index in [1.807, 2.05) is 7.05 Å². The van der Waals surface area contributed by atoms with Crippen molar-refractivity contribution in [3.05, 3.63) is 0 Å². The second-order valence-corrected chi connectivity index (χ2v) is 5.24. The molecule has 0 atom stereocenters. The number of hydrogen-bond donors (Lipinski definition) is 2. The lowest BCUT2D eigenvalue weighted by Crippen LogP contribution is -2.46. The number of amides is 2. The SMILES string of the molecule is CNCCCC(=O)NCC1CCN(C(=O)C(F)(F)F)CC1.Cl. The number of halogens is 4. The van der Waals surface area contributed by atoms with Crippen LogP contribution in [0, 0.1) is 5.92 Å². The van der Waals surface area contributed by atoms with E-state index in [4.69, 9.17) is 0 Å². The Morgan fingerprint density at radius 2 is 1.82 bits per heavy atom. The maximum absolute atomic E-state index is 12.3. The predicted octanol–water partition coefficient (Wildman–Crippen LogP) is 1.32. The summed E-state index contributed by atoms with van der Waals surface area (Å²) in [6.45, 7) is 1.43. The first-order valence-corrected chi connectivity index (χ1v) is 7.12. The maximum atomic E-state index is 12.3. The summed E-state index contributed by atoms with van der Waals surface area (Å²) in [7, 11) is 1.81. The highest BCUT2D eigenvalue weighted by molar-refractivity contribution is 5.85. The monoisotopic (exact) mass is 345 g/mol. The second kappa shape index (κ2) is 9.89. The third-order valence-electron chi connectivity index (χ3n) is 3.56. The van der Waals surface area contributed by atoms with Crippen molar-refractivity contribution < 1.29 is 22.8 Å². The highest BCUT2D eigenvalue weighted by Gasteiger charge is 2.43. The second-order valence-electron chi connectivity index (χ2n) is 5.24. The smallest absolute Gasteiger partial charge is 0.356 e. The van der Waals surface area contributed by atoms with Crippen molar-refractivity contribution >= 4 is 24.2 Å². The molecule has 0 aromatic rings. The molecule has 9 heteroatoms. The molecule has 0 spiro atoms. The van der Waals surface area contributed by atoms with Gasteiger partial charge in [-0.1, -0.05) is 0 Å². The van der Waals surface area contributed by atoms with E-state index in [9.17, 15) is 22.8 Å². The van der Waals surface area contributed by atoms with Crippen LogP contribution in [-0.2, 0) is 9.59 Å². The molecule has 0 saturated carbocycles. The van der Waals surface area contributed by atoms with Gasteiger partial charge in [-0.25, -0.2) is 0 Å². The van der Waals surface area contributed by atoms with Crippen LogP contribution in [0.2, 0.25) is 0 Å². The summed E-state index contributed by atoms with van der Waals surface area (Å²) in [6, 6.07) is 0. The molecular formula is C13H23ClF3N3O2. The molecule has 5 nitrogen and oxygen atoms in total. The van der Waals surface area contributed by atoms with Gasteiger partial charge < -0.3 is 15.5 Å². The summed E-state index contributed by atoms with van der Waals surface area (Å²) in [5, 5.41) is 5.74. The van der Waals surface area contributed by atoms with Crippen LogP contribution in [0.15, 0.2) is 0 Å². The molecule has 1 aliphatic rings. The quantitative estimate of drug-likeness (QED) is 0.714. The summed E-state index contributed by atoms with van der Waals surface area (Å²) in [6.07, 6.45) is -2.64. The molecule has 0 aromatic carbocycles. The van der Waals surface area contributed by atoms with E-state index in [-0.39, 0.29) is 37.3 Å². The minimum atomic E-state index is -4.80. The first kappa shape index (κ1) is 21.0. The van der Waals surface area contributed by atoms with Gasteiger partial charge in [0.05, 0.1) is 0 Å². The number of nitrogens with one attached hydrogen (secondary N) is 2. The summed E-state index contributed by atoms with van der Waals surface area (Å²) in [5.41, 5.74) is 0. The van der Waals surface area contributed by atoms with Gasteiger partial charge in [0.25, 0.3) is 0 Å². The maximum Gasteiger partial charge on any atom is 0.471 e. The third kappa shape index (κ3) is 7.31. The number of carbonyl (C=O) groups excluding carboxylic acids is 2. The number of piperidine rings is 1. The van der Waals surface area contributed by atoms with E-state index in [0.717, 1.165) is 17.9 Å². The van der Waals surface area contributed by atoms with E-state index < -0.39 is 12.1 Å². The normalized spacial score (nSPS) is 16.1. The van der Waals surface area contributed by atoms with Crippen molar-refractivity contribution in [3.8, 4) is 0 Å². The Bertz CT molecular complexity index is 359. The first-order valence-electron chi connectivity index (χ1n) is 7.12. The van der Waals surface area contributed by atoms with Crippen LogP contribution in [-0.4, -0.2) is 56.1 Å². The molecule has 0 aliphatic carbocycles. The highest BCUT2D eigenvalue weighted by Crippen LogP contribution is 2.23. The number of rotatable bonds is 6. The van der Waals surface area contributed by atoms with Crippen molar-refractivity contribution in [2.45, 2.75) is 31.9 Å². The zero-order valence-corrected chi connectivity index (χ0v) is 13.4. The summed E-state index contributed by atoms with van der Waals surface area (Å²) in [4.78, 5) is 23.4. The number of likely N-dealkylation sites (tertiary alicyclic amines) is 1. The van der Waals surface area contributed by atoms with Crippen LogP contribution in [0.5, 0.6) is 0 Å². The zero-order chi connectivity index (χ0) is 15.9. The average Bonchev–Trinajstić information content (AvgIpc) is 2.44. The molecular weight excluding hydrogens is 323 g/mol. The molecule has 1 aliphatic heterocycles. The number of carbonyl (C=O) groups is 2. The number of hydrogen-bond acceptors (Lipinski definition) is 3. The fourth-order valence-corrected chi connectivity index (χ4v) is 2.29. The average molecular weight is 346 g/mol. The molecule has 1 rings (SSSR count). The van der Waals surface area contributed by atoms with Gasteiger partial charge in [0, 0.05) is 26.1 Å². The Labute approximate surface area is 134 Å². The summed E-state index contributed by atoms with van der Waals surface area (Å²) < 4.78 is 36.8. The molecule has 22 heavy (non-hydrogen) atoms. The van der Waals surface area contributed by atoms with Crippen molar-refractivity contribution in [2.75, 3.05) is 33.2 Å². The van der Waals surface area contributed by atoms with E-state index in [2.05, 4.69) is 10.6 Å². The fourth-order valence-electron chi connectivity index (χ4n) is 2.29. The minimum Gasteiger partial charge on any atom is -0.356 e. The van der Waals surface area contributed by atoms with Gasteiger partial charge in [-0.3, -0.25) is 9.59 Å². The topological polar surface area (TPSA) is 61.4 Å². The Morgan fingerprint density at radius 3 is 2.32 bits per heavy atom. The Hall–Kier alpha value is -1.02. The van der Waals surface area contributed by atoms with Crippen LogP contribution < -0.4 is 10.6 Å². The van der Waals surface area contributed by atoms with E-state index in [1.165, 1.54) is 0 Å². The molecule has 1 saturated heterocycles. The van der Waals surface area contributed by atoms with Gasteiger partial charge in [-0.05, 0) is 38.8 Å². The van der Waals surface area contributed by atoms with Gasteiger partial charge in [0.2, 0.25) is 5.91 Å². The number of nitrogens with zero attached hydrogens (tertiary/aromatic N) is 1. The predicted molar refractivity (Wildman–Crippen MR) is 78.8 cm³/mol. The van der Waals surface area contributed by atoms with Crippen molar-refractivity contribution in [1.82, 2.24) is 15.5 Å². The van der Waals surface area contributed by atoms with Crippen LogP contribution in [0.3, 0.4) is 0 Å². The molecule has 0 aromatic heterocycles. The lowest BCUT2D eigenvalue weighted by molar-refractivity contribution is -0.186. The largest absolute Gasteiger partial charge is 0.471 e. The molecule has 1 heterocycles. The van der Waals surface area contributed by atoms with Crippen LogP contribution in [0.25, 0.3) is 0 Å². The summed E-state index contributed by atoms with van der Waals surface area (Å²) >= 11 is 0. The Balaban J connectivity index is 0.00000441. The van der Waals surface area contributed by atoms with Gasteiger partial charge in [0.1, 0.15) is 0 Å². The first-order chi connectivity index (χ1) is 9.84. The lowest BCUT2D eigenvalue weighted by atomic mass is 9.96. The van der Waals surface area contributed by atoms with Crippen molar-refractivity contribution in [1.29, 1.82) is 0 Å². The Morgan fingerprint density at radius 1 is 1.23 bits per heavy atom. The molecule has 2 N–H and O–H groups in total. The van der Waals surface area contributed by atoms with Gasteiger partial charge in [0.15, 0.2) is 0 Å². The van der Waals surface area contributed by atoms with E-state index >= 15 is 0 Å². The molecule has 0 bridgehead atoms. The molecule has 130 valence electrons. The van der Waals surface area contributed by atoms with E-state index in [0.29, 0.717) is 25.8 Å². The van der Waals surface area contributed by atoms with Crippen LogP contribution in [0.4, 0.5) is 13.2 Å². The van der Waals surface area contributed by atoms with Crippen LogP contribution >= 0.6 is 12.4 Å². The van der Waals surface area contributed by atoms with Crippen molar-refractivity contribution in [2.24, 2.45) is 5.92 Å². The van der Waals surface area contributed by atoms with Gasteiger partial charge in [-0.2, -0.15) is 13.2 Å². The molecule has 0 unspecified atom stereocenters. The van der Waals surface area contributed by atoms with E-state index in [1.54, 1.807) is 0 Å². The van der Waals surface area contributed by atoms with Crippen LogP contribution in [0.1, 0.15) is 25.7 Å². The third-order valence-corrected chi connectivity index (χ3v) is 3.56. The Kier molecular flexibility index (Phi) is 9.43. The van der Waals surface area contributed by atoms with Gasteiger partial charge >= 0.3 is 12.1 Å². The zero-order valence-electron chi connectivity index (χ0n) is 12.5. The number of alkyl halides is 3. The van der Waals surface area contributed by atoms with Crippen molar-refractivity contribution in [3.63, 3.8) is 0 Å². The summed E-state index contributed by atoms with van der Waals surface area (Å²) in [5.74, 6) is -1.67. The minimum absolute atomic E-state index is 0. The standard InChI is InChI=1S/C13H22F3N3O2.ClH/c1-17-6-2-3-11(20)18-9-10-4-7-19(8-5-10)12(21)13(14,15)16;/h10,17H,2-9H2,1H3,(H,18,20);1H. The highest BCUT2D eigenvalue weighted by atomic mass is 35.5. The fraction of sp³-hybridized carbons (Fsp3) is 0.846.